The SMILES string of the molecule is Cc1ccc(OCNC(=O)Nc2ccc(Cl)cn2)cc1C. The van der Waals surface area contributed by atoms with E-state index in [1.807, 2.05) is 32.0 Å². The molecule has 0 saturated heterocycles. The molecule has 21 heavy (non-hydrogen) atoms. The van der Waals surface area contributed by atoms with Crippen LogP contribution >= 0.6 is 11.6 Å². The summed E-state index contributed by atoms with van der Waals surface area (Å²) in [5.74, 6) is 1.13. The van der Waals surface area contributed by atoms with Gasteiger partial charge in [0.05, 0.1) is 5.02 Å². The molecule has 2 aromatic rings. The van der Waals surface area contributed by atoms with Gasteiger partial charge in [-0.05, 0) is 49.2 Å². The van der Waals surface area contributed by atoms with Gasteiger partial charge in [0.2, 0.25) is 0 Å². The molecule has 0 atom stereocenters. The maximum absolute atomic E-state index is 11.6. The largest absolute Gasteiger partial charge is 0.473 e. The van der Waals surface area contributed by atoms with Gasteiger partial charge in [-0.3, -0.25) is 5.32 Å². The Labute approximate surface area is 128 Å². The van der Waals surface area contributed by atoms with Gasteiger partial charge in [0.15, 0.2) is 6.73 Å². The molecule has 1 aromatic heterocycles. The molecule has 2 amide bonds. The molecule has 0 unspecified atom stereocenters. The van der Waals surface area contributed by atoms with Crippen LogP contribution in [-0.2, 0) is 0 Å². The summed E-state index contributed by atoms with van der Waals surface area (Å²) in [5, 5.41) is 5.67. The third kappa shape index (κ3) is 4.65. The van der Waals surface area contributed by atoms with Gasteiger partial charge >= 0.3 is 6.03 Å². The molecule has 0 aliphatic heterocycles. The first-order chi connectivity index (χ1) is 10.0. The summed E-state index contributed by atoms with van der Waals surface area (Å²) in [4.78, 5) is 15.6. The number of ether oxygens (including phenoxy) is 1. The van der Waals surface area contributed by atoms with Crippen LogP contribution in [0.5, 0.6) is 5.75 Å². The molecular weight excluding hydrogens is 290 g/mol. The summed E-state index contributed by atoms with van der Waals surface area (Å²) in [6.07, 6.45) is 1.46. The number of carbonyl (C=O) groups excluding carboxylic acids is 1. The van der Waals surface area contributed by atoms with E-state index in [1.165, 1.54) is 11.8 Å². The Kier molecular flexibility index (Phi) is 5.00. The molecule has 0 aliphatic rings. The van der Waals surface area contributed by atoms with E-state index in [-0.39, 0.29) is 6.73 Å². The lowest BCUT2D eigenvalue weighted by Crippen LogP contribution is -2.32. The average Bonchev–Trinajstić information content (AvgIpc) is 2.45. The van der Waals surface area contributed by atoms with Crippen LogP contribution in [0.3, 0.4) is 0 Å². The lowest BCUT2D eigenvalue weighted by Gasteiger charge is -2.10. The molecule has 0 spiro atoms. The average molecular weight is 306 g/mol. The van der Waals surface area contributed by atoms with Gasteiger partial charge in [0.1, 0.15) is 11.6 Å². The standard InChI is InChI=1S/C15H16ClN3O2/c1-10-3-5-13(7-11(10)2)21-9-18-15(20)19-14-6-4-12(16)8-17-14/h3-8H,9H2,1-2H3,(H2,17,18,19,20). The van der Waals surface area contributed by atoms with Crippen molar-refractivity contribution in [1.82, 2.24) is 10.3 Å². The number of hydrogen-bond acceptors (Lipinski definition) is 3. The second-order valence-corrected chi connectivity index (χ2v) is 4.96. The number of aryl methyl sites for hydroxylation is 2. The smallest absolute Gasteiger partial charge is 0.323 e. The molecule has 0 aliphatic carbocycles. The number of halogens is 1. The zero-order valence-electron chi connectivity index (χ0n) is 11.8. The first kappa shape index (κ1) is 15.1. The maximum atomic E-state index is 11.6. The number of nitrogens with zero attached hydrogens (tertiary/aromatic N) is 1. The highest BCUT2D eigenvalue weighted by Gasteiger charge is 2.03. The number of aromatic nitrogens is 1. The molecule has 0 radical (unpaired) electrons. The molecular formula is C15H16ClN3O2. The fraction of sp³-hybridized carbons (Fsp3) is 0.200. The molecule has 1 aromatic carbocycles. The number of amides is 2. The second-order valence-electron chi connectivity index (χ2n) is 4.53. The molecule has 0 saturated carbocycles. The van der Waals surface area contributed by atoms with Crippen molar-refractivity contribution >= 4 is 23.4 Å². The van der Waals surface area contributed by atoms with Crippen LogP contribution in [0, 0.1) is 13.8 Å². The molecule has 6 heteroatoms. The summed E-state index contributed by atoms with van der Waals surface area (Å²) in [6, 6.07) is 8.64. The molecule has 0 fully saturated rings. The summed E-state index contributed by atoms with van der Waals surface area (Å²) < 4.78 is 5.46. The Hall–Kier alpha value is -2.27. The number of anilines is 1. The van der Waals surface area contributed by atoms with Crippen LogP contribution in [0.4, 0.5) is 10.6 Å². The van der Waals surface area contributed by atoms with E-state index in [4.69, 9.17) is 16.3 Å². The van der Waals surface area contributed by atoms with E-state index in [9.17, 15) is 4.79 Å². The highest BCUT2D eigenvalue weighted by atomic mass is 35.5. The van der Waals surface area contributed by atoms with Crippen molar-refractivity contribution in [1.29, 1.82) is 0 Å². The Balaban J connectivity index is 1.78. The molecule has 0 bridgehead atoms. The van der Waals surface area contributed by atoms with Gasteiger partial charge < -0.3 is 10.1 Å². The second kappa shape index (κ2) is 6.95. The van der Waals surface area contributed by atoms with E-state index in [0.717, 1.165) is 5.56 Å². The van der Waals surface area contributed by atoms with E-state index in [2.05, 4.69) is 15.6 Å². The Morgan fingerprint density at radius 2 is 2.05 bits per heavy atom. The molecule has 110 valence electrons. The van der Waals surface area contributed by atoms with Crippen molar-refractivity contribution in [2.75, 3.05) is 12.0 Å². The van der Waals surface area contributed by atoms with Gasteiger partial charge in [-0.15, -0.1) is 0 Å². The Morgan fingerprint density at radius 1 is 1.24 bits per heavy atom. The summed E-state index contributed by atoms with van der Waals surface area (Å²) in [7, 11) is 0. The van der Waals surface area contributed by atoms with E-state index < -0.39 is 6.03 Å². The molecule has 1 heterocycles. The fourth-order valence-corrected chi connectivity index (χ4v) is 1.71. The molecule has 2 rings (SSSR count). The summed E-state index contributed by atoms with van der Waals surface area (Å²) >= 11 is 5.71. The van der Waals surface area contributed by atoms with Crippen LogP contribution in [-0.4, -0.2) is 17.7 Å². The number of carbonyl (C=O) groups is 1. The van der Waals surface area contributed by atoms with Crippen LogP contribution in [0.25, 0.3) is 0 Å². The van der Waals surface area contributed by atoms with Crippen LogP contribution in [0.1, 0.15) is 11.1 Å². The number of nitrogens with one attached hydrogen (secondary N) is 2. The number of urea groups is 1. The minimum absolute atomic E-state index is 0.0714. The summed E-state index contributed by atoms with van der Waals surface area (Å²) in [5.41, 5.74) is 2.34. The highest BCUT2D eigenvalue weighted by Crippen LogP contribution is 2.16. The molecule has 2 N–H and O–H groups in total. The van der Waals surface area contributed by atoms with Crippen molar-refractivity contribution < 1.29 is 9.53 Å². The topological polar surface area (TPSA) is 63.2 Å². The third-order valence-corrected chi connectivity index (χ3v) is 3.14. The monoisotopic (exact) mass is 305 g/mol. The summed E-state index contributed by atoms with van der Waals surface area (Å²) in [6.45, 7) is 4.11. The number of benzene rings is 1. The number of pyridine rings is 1. The highest BCUT2D eigenvalue weighted by molar-refractivity contribution is 6.30. The zero-order valence-corrected chi connectivity index (χ0v) is 12.6. The minimum atomic E-state index is -0.395. The first-order valence-electron chi connectivity index (χ1n) is 6.41. The van der Waals surface area contributed by atoms with Crippen LogP contribution < -0.4 is 15.4 Å². The van der Waals surface area contributed by atoms with Crippen molar-refractivity contribution in [3.05, 3.63) is 52.7 Å². The van der Waals surface area contributed by atoms with Crippen molar-refractivity contribution in [3.8, 4) is 5.75 Å². The zero-order chi connectivity index (χ0) is 15.2. The van der Waals surface area contributed by atoms with Crippen molar-refractivity contribution in [2.45, 2.75) is 13.8 Å². The third-order valence-electron chi connectivity index (χ3n) is 2.92. The quantitative estimate of drug-likeness (QED) is 0.850. The van der Waals surface area contributed by atoms with E-state index in [1.54, 1.807) is 12.1 Å². The molecule has 5 nitrogen and oxygen atoms in total. The predicted molar refractivity (Wildman–Crippen MR) is 82.8 cm³/mol. The van der Waals surface area contributed by atoms with Gasteiger partial charge in [0, 0.05) is 6.20 Å². The van der Waals surface area contributed by atoms with Crippen molar-refractivity contribution in [2.24, 2.45) is 0 Å². The Morgan fingerprint density at radius 3 is 2.71 bits per heavy atom. The fourth-order valence-electron chi connectivity index (χ4n) is 1.60. The number of hydrogen-bond donors (Lipinski definition) is 2. The van der Waals surface area contributed by atoms with Gasteiger partial charge in [-0.2, -0.15) is 0 Å². The van der Waals surface area contributed by atoms with Crippen molar-refractivity contribution in [3.63, 3.8) is 0 Å². The van der Waals surface area contributed by atoms with Crippen LogP contribution in [0.15, 0.2) is 36.5 Å². The lowest BCUT2D eigenvalue weighted by molar-refractivity contribution is 0.234. The van der Waals surface area contributed by atoms with Gasteiger partial charge in [-0.25, -0.2) is 9.78 Å². The Bertz CT molecular complexity index is 629. The van der Waals surface area contributed by atoms with E-state index >= 15 is 0 Å². The minimum Gasteiger partial charge on any atom is -0.473 e. The first-order valence-corrected chi connectivity index (χ1v) is 6.79. The van der Waals surface area contributed by atoms with E-state index in [0.29, 0.717) is 16.6 Å². The van der Waals surface area contributed by atoms with Gasteiger partial charge in [-0.1, -0.05) is 17.7 Å². The lowest BCUT2D eigenvalue weighted by atomic mass is 10.1. The number of rotatable bonds is 4. The maximum Gasteiger partial charge on any atom is 0.323 e. The van der Waals surface area contributed by atoms with Gasteiger partial charge in [0.25, 0.3) is 0 Å². The normalized spacial score (nSPS) is 10.0. The predicted octanol–water partition coefficient (Wildman–Crippen LogP) is 3.51. The van der Waals surface area contributed by atoms with Crippen LogP contribution in [0.2, 0.25) is 5.02 Å².